The molecule has 1 aromatic rings. The van der Waals surface area contributed by atoms with Crippen LogP contribution in [0.15, 0.2) is 12.1 Å². The number of hydrogen-bond acceptors (Lipinski definition) is 5. The molecular weight excluding hydrogens is 224 g/mol. The number of carbonyl (C=O) groups excluding carboxylic acids is 1. The number of nitro benzene ring substituents is 1. The summed E-state index contributed by atoms with van der Waals surface area (Å²) in [7, 11) is 0. The second-order valence-electron chi connectivity index (χ2n) is 3.22. The number of hydrogen-bond donors (Lipinski definition) is 0. The molecule has 0 atom stereocenters. The SMILES string of the molecule is CCOC(=O)c1ccc([N+](=O)[O-])c(C)c1C#N. The fourth-order valence-corrected chi connectivity index (χ4v) is 1.42. The standard InChI is InChI=1S/C11H10N2O4/c1-3-17-11(14)8-4-5-10(13(15)16)7(2)9(8)6-12/h4-5H,3H2,1-2H3. The highest BCUT2D eigenvalue weighted by Crippen LogP contribution is 2.24. The lowest BCUT2D eigenvalue weighted by molar-refractivity contribution is -0.385. The van der Waals surface area contributed by atoms with Gasteiger partial charge in [-0.2, -0.15) is 5.26 Å². The molecule has 0 radical (unpaired) electrons. The Labute approximate surface area is 97.6 Å². The average molecular weight is 234 g/mol. The van der Waals surface area contributed by atoms with Gasteiger partial charge < -0.3 is 4.74 Å². The Bertz CT molecular complexity index is 517. The molecule has 1 rings (SSSR count). The second-order valence-corrected chi connectivity index (χ2v) is 3.22. The Morgan fingerprint density at radius 3 is 2.71 bits per heavy atom. The van der Waals surface area contributed by atoms with Crippen molar-refractivity contribution < 1.29 is 14.5 Å². The van der Waals surface area contributed by atoms with Gasteiger partial charge in [-0.1, -0.05) is 0 Å². The number of nitriles is 1. The maximum Gasteiger partial charge on any atom is 0.339 e. The van der Waals surface area contributed by atoms with Crippen LogP contribution in [-0.2, 0) is 4.74 Å². The lowest BCUT2D eigenvalue weighted by Gasteiger charge is -2.06. The molecule has 0 heterocycles. The van der Waals surface area contributed by atoms with Crippen LogP contribution >= 0.6 is 0 Å². The van der Waals surface area contributed by atoms with Crippen molar-refractivity contribution in [3.63, 3.8) is 0 Å². The quantitative estimate of drug-likeness (QED) is 0.452. The zero-order valence-corrected chi connectivity index (χ0v) is 9.39. The van der Waals surface area contributed by atoms with Gasteiger partial charge in [0.25, 0.3) is 5.69 Å². The van der Waals surface area contributed by atoms with Gasteiger partial charge in [-0.05, 0) is 19.9 Å². The molecule has 6 nitrogen and oxygen atoms in total. The van der Waals surface area contributed by atoms with E-state index >= 15 is 0 Å². The molecule has 0 aromatic heterocycles. The molecule has 88 valence electrons. The average Bonchev–Trinajstić information content (AvgIpc) is 2.28. The lowest BCUT2D eigenvalue weighted by atomic mass is 10.0. The second kappa shape index (κ2) is 5.07. The molecule has 17 heavy (non-hydrogen) atoms. The molecule has 0 unspecified atom stereocenters. The lowest BCUT2D eigenvalue weighted by Crippen LogP contribution is -2.09. The van der Waals surface area contributed by atoms with E-state index < -0.39 is 10.9 Å². The van der Waals surface area contributed by atoms with Crippen LogP contribution in [0.5, 0.6) is 0 Å². The van der Waals surface area contributed by atoms with Crippen molar-refractivity contribution >= 4 is 11.7 Å². The third kappa shape index (κ3) is 2.39. The summed E-state index contributed by atoms with van der Waals surface area (Å²) in [5.74, 6) is -0.651. The van der Waals surface area contributed by atoms with E-state index in [2.05, 4.69) is 0 Å². The van der Waals surface area contributed by atoms with Gasteiger partial charge in [-0.25, -0.2) is 4.79 Å². The molecule has 0 spiro atoms. The van der Waals surface area contributed by atoms with Gasteiger partial charge in [0, 0.05) is 11.6 Å². The first-order chi connectivity index (χ1) is 8.02. The van der Waals surface area contributed by atoms with Gasteiger partial charge in [-0.15, -0.1) is 0 Å². The summed E-state index contributed by atoms with van der Waals surface area (Å²) in [6, 6.07) is 4.23. The highest BCUT2D eigenvalue weighted by Gasteiger charge is 2.21. The molecule has 0 bridgehead atoms. The van der Waals surface area contributed by atoms with E-state index in [1.54, 1.807) is 13.0 Å². The van der Waals surface area contributed by atoms with E-state index in [-0.39, 0.29) is 29.0 Å². The highest BCUT2D eigenvalue weighted by molar-refractivity contribution is 5.93. The summed E-state index contributed by atoms with van der Waals surface area (Å²) in [5, 5.41) is 19.6. The highest BCUT2D eigenvalue weighted by atomic mass is 16.6. The van der Waals surface area contributed by atoms with Gasteiger partial charge in [0.05, 0.1) is 22.7 Å². The molecule has 0 amide bonds. The number of carbonyl (C=O) groups is 1. The van der Waals surface area contributed by atoms with Gasteiger partial charge in [0.1, 0.15) is 6.07 Å². The smallest absolute Gasteiger partial charge is 0.339 e. The number of ether oxygens (including phenoxy) is 1. The number of benzene rings is 1. The third-order valence-electron chi connectivity index (χ3n) is 2.24. The number of esters is 1. The molecule has 0 N–H and O–H groups in total. The monoisotopic (exact) mass is 234 g/mol. The van der Waals surface area contributed by atoms with E-state index in [1.807, 2.05) is 0 Å². The summed E-state index contributed by atoms with van der Waals surface area (Å²) >= 11 is 0. The Kier molecular flexibility index (Phi) is 3.78. The first-order valence-electron chi connectivity index (χ1n) is 4.88. The van der Waals surface area contributed by atoms with E-state index in [9.17, 15) is 14.9 Å². The van der Waals surface area contributed by atoms with Crippen molar-refractivity contribution in [3.8, 4) is 6.07 Å². The maximum absolute atomic E-state index is 11.5. The molecule has 6 heteroatoms. The Morgan fingerprint density at radius 2 is 2.24 bits per heavy atom. The zero-order chi connectivity index (χ0) is 13.0. The number of rotatable bonds is 3. The van der Waals surface area contributed by atoms with Crippen LogP contribution in [0, 0.1) is 28.4 Å². The van der Waals surface area contributed by atoms with Crippen LogP contribution in [-0.4, -0.2) is 17.5 Å². The number of nitrogens with zero attached hydrogens (tertiary/aromatic N) is 2. The van der Waals surface area contributed by atoms with Crippen LogP contribution in [0.3, 0.4) is 0 Å². The molecule has 0 saturated heterocycles. The summed E-state index contributed by atoms with van der Waals surface area (Å²) in [4.78, 5) is 21.6. The predicted molar refractivity (Wildman–Crippen MR) is 58.5 cm³/mol. The minimum Gasteiger partial charge on any atom is -0.462 e. The maximum atomic E-state index is 11.5. The molecule has 0 aliphatic rings. The minimum absolute atomic E-state index is 0.0161. The van der Waals surface area contributed by atoms with E-state index in [0.29, 0.717) is 0 Å². The largest absolute Gasteiger partial charge is 0.462 e. The van der Waals surface area contributed by atoms with Crippen molar-refractivity contribution in [2.75, 3.05) is 6.61 Å². The molecular formula is C11H10N2O4. The summed E-state index contributed by atoms with van der Waals surface area (Å²) in [6.45, 7) is 3.25. The van der Waals surface area contributed by atoms with Gasteiger partial charge >= 0.3 is 5.97 Å². The summed E-state index contributed by atoms with van der Waals surface area (Å²) < 4.78 is 4.77. The summed E-state index contributed by atoms with van der Waals surface area (Å²) in [6.07, 6.45) is 0. The number of nitro groups is 1. The summed E-state index contributed by atoms with van der Waals surface area (Å²) in [5.41, 5.74) is 0.0211. The van der Waals surface area contributed by atoms with Crippen molar-refractivity contribution in [1.29, 1.82) is 5.26 Å². The van der Waals surface area contributed by atoms with Crippen LogP contribution in [0.1, 0.15) is 28.4 Å². The molecule has 0 aliphatic heterocycles. The first kappa shape index (κ1) is 12.6. The zero-order valence-electron chi connectivity index (χ0n) is 9.39. The van der Waals surface area contributed by atoms with Gasteiger partial charge in [0.2, 0.25) is 0 Å². The Balaban J connectivity index is 3.37. The normalized spacial score (nSPS) is 9.47. The topological polar surface area (TPSA) is 93.2 Å². The minimum atomic E-state index is -0.651. The Morgan fingerprint density at radius 1 is 1.59 bits per heavy atom. The van der Waals surface area contributed by atoms with E-state index in [4.69, 9.17) is 10.00 Å². The molecule has 0 saturated carbocycles. The predicted octanol–water partition coefficient (Wildman–Crippen LogP) is 1.95. The van der Waals surface area contributed by atoms with Crippen molar-refractivity contribution in [1.82, 2.24) is 0 Å². The van der Waals surface area contributed by atoms with E-state index in [1.165, 1.54) is 19.1 Å². The van der Waals surface area contributed by atoms with Crippen LogP contribution in [0.25, 0.3) is 0 Å². The van der Waals surface area contributed by atoms with Gasteiger partial charge in [-0.3, -0.25) is 10.1 Å². The van der Waals surface area contributed by atoms with Crippen molar-refractivity contribution in [2.45, 2.75) is 13.8 Å². The van der Waals surface area contributed by atoms with Crippen LogP contribution in [0.4, 0.5) is 5.69 Å². The molecule has 1 aromatic carbocycles. The van der Waals surface area contributed by atoms with Crippen LogP contribution < -0.4 is 0 Å². The fourth-order valence-electron chi connectivity index (χ4n) is 1.42. The molecule has 0 fully saturated rings. The third-order valence-corrected chi connectivity index (χ3v) is 2.24. The van der Waals surface area contributed by atoms with E-state index in [0.717, 1.165) is 0 Å². The molecule has 0 aliphatic carbocycles. The first-order valence-corrected chi connectivity index (χ1v) is 4.88. The Hall–Kier alpha value is -2.42. The van der Waals surface area contributed by atoms with Crippen molar-refractivity contribution in [3.05, 3.63) is 38.9 Å². The van der Waals surface area contributed by atoms with Crippen LogP contribution in [0.2, 0.25) is 0 Å². The fraction of sp³-hybridized carbons (Fsp3) is 0.273. The van der Waals surface area contributed by atoms with Gasteiger partial charge in [0.15, 0.2) is 0 Å². The van der Waals surface area contributed by atoms with Crippen molar-refractivity contribution in [2.24, 2.45) is 0 Å².